The third-order valence-corrected chi connectivity index (χ3v) is 5.02. The van der Waals surface area contributed by atoms with Crippen LogP contribution in [0, 0.1) is 22.7 Å². The normalized spacial score (nSPS) is 31.2. The molecule has 140 valence electrons. The lowest BCUT2D eigenvalue weighted by Crippen LogP contribution is -2.51. The Labute approximate surface area is 148 Å². The van der Waals surface area contributed by atoms with Gasteiger partial charge in [0.2, 0.25) is 0 Å². The number of hydrogen-bond acceptors (Lipinski definition) is 7. The Kier molecular flexibility index (Phi) is 7.85. The van der Waals surface area contributed by atoms with E-state index in [9.17, 15) is 9.90 Å². The summed E-state index contributed by atoms with van der Waals surface area (Å²) in [6.45, 7) is 1.25. The standard InChI is InChI=1S/C18H27NO6/c1-22-9-10-23-13-25-16-4-2-3-14-11-15(20)5-7-18(14,16)12-24-17(21)6-8-19/h5,7,14-16,20H,2-4,6,9-13H2,1H3/t14-,15-,16-,18+/m1/s1. The van der Waals surface area contributed by atoms with Gasteiger partial charge in [-0.1, -0.05) is 18.6 Å². The first-order valence-corrected chi connectivity index (χ1v) is 8.70. The molecule has 25 heavy (non-hydrogen) atoms. The van der Waals surface area contributed by atoms with E-state index in [0.717, 1.165) is 19.3 Å². The highest BCUT2D eigenvalue weighted by Crippen LogP contribution is 2.49. The summed E-state index contributed by atoms with van der Waals surface area (Å²) >= 11 is 0. The predicted molar refractivity (Wildman–Crippen MR) is 88.3 cm³/mol. The van der Waals surface area contributed by atoms with Crippen molar-refractivity contribution in [1.82, 2.24) is 0 Å². The molecule has 7 nitrogen and oxygen atoms in total. The number of fused-ring (bicyclic) bond motifs is 1. The van der Waals surface area contributed by atoms with E-state index in [1.54, 1.807) is 19.3 Å². The van der Waals surface area contributed by atoms with Crippen molar-refractivity contribution in [3.63, 3.8) is 0 Å². The molecule has 0 saturated heterocycles. The van der Waals surface area contributed by atoms with Crippen LogP contribution in [0.3, 0.4) is 0 Å². The second-order valence-electron chi connectivity index (χ2n) is 6.57. The molecule has 0 aromatic heterocycles. The summed E-state index contributed by atoms with van der Waals surface area (Å²) in [7, 11) is 1.61. The Morgan fingerprint density at radius 2 is 2.24 bits per heavy atom. The van der Waals surface area contributed by atoms with Crippen LogP contribution >= 0.6 is 0 Å². The summed E-state index contributed by atoms with van der Waals surface area (Å²) in [6, 6.07) is 1.80. The van der Waals surface area contributed by atoms with E-state index in [-0.39, 0.29) is 31.8 Å². The Morgan fingerprint density at radius 1 is 1.40 bits per heavy atom. The number of rotatable bonds is 9. The van der Waals surface area contributed by atoms with Gasteiger partial charge in [0.25, 0.3) is 0 Å². The molecule has 1 N–H and O–H groups in total. The molecule has 0 heterocycles. The molecule has 0 aromatic rings. The fourth-order valence-corrected chi connectivity index (χ4v) is 3.74. The number of nitrogens with zero attached hydrogens (tertiary/aromatic N) is 1. The van der Waals surface area contributed by atoms with Gasteiger partial charge in [-0.05, 0) is 25.2 Å². The molecular formula is C18H27NO6. The number of carbonyl (C=O) groups excluding carboxylic acids is 1. The lowest BCUT2D eigenvalue weighted by Gasteiger charge is -2.49. The molecule has 0 spiro atoms. The van der Waals surface area contributed by atoms with E-state index in [2.05, 4.69) is 0 Å². The number of nitriles is 1. The van der Waals surface area contributed by atoms with Gasteiger partial charge in [-0.2, -0.15) is 5.26 Å². The summed E-state index contributed by atoms with van der Waals surface area (Å²) in [5.74, 6) is -0.365. The van der Waals surface area contributed by atoms with E-state index in [1.165, 1.54) is 0 Å². The van der Waals surface area contributed by atoms with Crippen molar-refractivity contribution in [2.24, 2.45) is 11.3 Å². The average molecular weight is 353 g/mol. The van der Waals surface area contributed by atoms with Crippen LogP contribution in [0.5, 0.6) is 0 Å². The third-order valence-electron chi connectivity index (χ3n) is 5.02. The molecular weight excluding hydrogens is 326 g/mol. The monoisotopic (exact) mass is 353 g/mol. The van der Waals surface area contributed by atoms with Crippen LogP contribution in [-0.4, -0.2) is 57.0 Å². The molecule has 0 radical (unpaired) electrons. The summed E-state index contributed by atoms with van der Waals surface area (Å²) in [5.41, 5.74) is -0.479. The molecule has 2 aliphatic carbocycles. The highest BCUT2D eigenvalue weighted by Gasteiger charge is 2.49. The minimum atomic E-state index is -0.532. The quantitative estimate of drug-likeness (QED) is 0.291. The van der Waals surface area contributed by atoms with Crippen LogP contribution in [0.2, 0.25) is 0 Å². The van der Waals surface area contributed by atoms with Crippen molar-refractivity contribution in [2.45, 2.75) is 44.3 Å². The molecule has 7 heteroatoms. The molecule has 4 atom stereocenters. The fourth-order valence-electron chi connectivity index (χ4n) is 3.74. The fraction of sp³-hybridized carbons (Fsp3) is 0.778. The zero-order valence-corrected chi connectivity index (χ0v) is 14.7. The van der Waals surface area contributed by atoms with Gasteiger partial charge in [0.15, 0.2) is 0 Å². The van der Waals surface area contributed by atoms with Gasteiger partial charge in [0.05, 0.1) is 36.9 Å². The largest absolute Gasteiger partial charge is 0.464 e. The van der Waals surface area contributed by atoms with Crippen LogP contribution in [0.15, 0.2) is 12.2 Å². The zero-order valence-electron chi connectivity index (χ0n) is 14.7. The first-order valence-electron chi connectivity index (χ1n) is 8.70. The van der Waals surface area contributed by atoms with Gasteiger partial charge in [0.1, 0.15) is 19.8 Å². The lowest BCUT2D eigenvalue weighted by molar-refractivity contribution is -0.175. The smallest absolute Gasteiger partial charge is 0.320 e. The Hall–Kier alpha value is -1.46. The van der Waals surface area contributed by atoms with Gasteiger partial charge < -0.3 is 24.1 Å². The second-order valence-corrected chi connectivity index (χ2v) is 6.57. The molecule has 2 aliphatic rings. The first-order chi connectivity index (χ1) is 12.1. The molecule has 1 fully saturated rings. The second kappa shape index (κ2) is 9.88. The molecule has 0 unspecified atom stereocenters. The molecule has 2 rings (SSSR count). The Morgan fingerprint density at radius 3 is 3.00 bits per heavy atom. The van der Waals surface area contributed by atoms with Gasteiger partial charge >= 0.3 is 5.97 Å². The van der Waals surface area contributed by atoms with Gasteiger partial charge in [-0.15, -0.1) is 0 Å². The third kappa shape index (κ3) is 5.25. The van der Waals surface area contributed by atoms with E-state index in [1.807, 2.05) is 6.08 Å². The highest BCUT2D eigenvalue weighted by atomic mass is 16.7. The van der Waals surface area contributed by atoms with Crippen molar-refractivity contribution in [3.8, 4) is 6.07 Å². The maximum absolute atomic E-state index is 11.7. The summed E-state index contributed by atoms with van der Waals surface area (Å²) in [6.07, 6.45) is 6.17. The molecule has 0 aromatic carbocycles. The maximum atomic E-state index is 11.7. The minimum Gasteiger partial charge on any atom is -0.464 e. The summed E-state index contributed by atoms with van der Waals surface area (Å²) in [5, 5.41) is 18.6. The highest BCUT2D eigenvalue weighted by molar-refractivity contribution is 5.71. The van der Waals surface area contributed by atoms with Gasteiger partial charge in [-0.3, -0.25) is 4.79 Å². The number of methoxy groups -OCH3 is 1. The van der Waals surface area contributed by atoms with E-state index in [0.29, 0.717) is 19.6 Å². The van der Waals surface area contributed by atoms with Crippen LogP contribution in [0.1, 0.15) is 32.1 Å². The SMILES string of the molecule is COCCOCO[C@@H]1CCC[C@@H]2C[C@H](O)C=C[C@]21COC(=O)CC#N. The van der Waals surface area contributed by atoms with Crippen LogP contribution < -0.4 is 0 Å². The van der Waals surface area contributed by atoms with Gasteiger partial charge in [-0.25, -0.2) is 0 Å². The van der Waals surface area contributed by atoms with Crippen molar-refractivity contribution >= 4 is 5.97 Å². The topological polar surface area (TPSA) is 98.0 Å². The lowest BCUT2D eigenvalue weighted by atomic mass is 9.60. The van der Waals surface area contributed by atoms with Crippen LogP contribution in [-0.2, 0) is 23.7 Å². The summed E-state index contributed by atoms with van der Waals surface area (Å²) < 4.78 is 21.7. The van der Waals surface area contributed by atoms with Crippen LogP contribution in [0.25, 0.3) is 0 Å². The van der Waals surface area contributed by atoms with E-state index >= 15 is 0 Å². The van der Waals surface area contributed by atoms with Crippen LogP contribution in [0.4, 0.5) is 0 Å². The predicted octanol–water partition coefficient (Wildman–Crippen LogP) is 1.56. The van der Waals surface area contributed by atoms with E-state index in [4.69, 9.17) is 24.2 Å². The molecule has 1 saturated carbocycles. The molecule has 0 aliphatic heterocycles. The van der Waals surface area contributed by atoms with Gasteiger partial charge in [0, 0.05) is 7.11 Å². The maximum Gasteiger partial charge on any atom is 0.320 e. The number of carbonyl (C=O) groups is 1. The number of esters is 1. The number of ether oxygens (including phenoxy) is 4. The minimum absolute atomic E-state index is 0.144. The Bertz CT molecular complexity index is 502. The van der Waals surface area contributed by atoms with Crippen molar-refractivity contribution < 1.29 is 28.8 Å². The molecule has 0 bridgehead atoms. The van der Waals surface area contributed by atoms with Crippen molar-refractivity contribution in [2.75, 3.05) is 33.7 Å². The van der Waals surface area contributed by atoms with Crippen molar-refractivity contribution in [3.05, 3.63) is 12.2 Å². The Balaban J connectivity index is 2.05. The average Bonchev–Trinajstić information content (AvgIpc) is 2.60. The number of aliphatic hydroxyl groups excluding tert-OH is 1. The number of aliphatic hydroxyl groups is 1. The molecule has 0 amide bonds. The van der Waals surface area contributed by atoms with Crippen molar-refractivity contribution in [1.29, 1.82) is 5.26 Å². The number of hydrogen-bond donors (Lipinski definition) is 1. The first kappa shape index (κ1) is 19.9. The summed E-state index contributed by atoms with van der Waals surface area (Å²) in [4.78, 5) is 11.7. The zero-order chi connectivity index (χ0) is 18.1. The van der Waals surface area contributed by atoms with E-state index < -0.39 is 17.5 Å².